The van der Waals surface area contributed by atoms with Gasteiger partial charge in [0.1, 0.15) is 5.82 Å². The van der Waals surface area contributed by atoms with E-state index < -0.39 is 4.92 Å². The second-order valence-electron chi connectivity index (χ2n) is 5.56. The molecule has 0 unspecified atom stereocenters. The number of hydrogen-bond acceptors (Lipinski definition) is 4. The van der Waals surface area contributed by atoms with E-state index in [1.54, 1.807) is 17.0 Å². The summed E-state index contributed by atoms with van der Waals surface area (Å²) in [5.41, 5.74) is 1.43. The Morgan fingerprint density at radius 2 is 1.54 bits per heavy atom. The van der Waals surface area contributed by atoms with Gasteiger partial charge >= 0.3 is 0 Å². The lowest BCUT2D eigenvalue weighted by molar-refractivity contribution is -0.384. The first-order chi connectivity index (χ1) is 11.5. The third-order valence-electron chi connectivity index (χ3n) is 4.08. The van der Waals surface area contributed by atoms with Gasteiger partial charge in [0.15, 0.2) is 0 Å². The minimum atomic E-state index is -0.428. The number of amides is 1. The third-order valence-corrected chi connectivity index (χ3v) is 4.08. The molecule has 1 amide bonds. The van der Waals surface area contributed by atoms with Crippen LogP contribution in [0.3, 0.4) is 0 Å². The molecule has 0 bridgehead atoms. The van der Waals surface area contributed by atoms with Gasteiger partial charge in [-0.1, -0.05) is 0 Å². The SMILES string of the molecule is O=C(c1ccc(F)cc1)N1CCN(c2ccc([N+](=O)[O-])cc2)CC1. The summed E-state index contributed by atoms with van der Waals surface area (Å²) in [4.78, 5) is 26.5. The normalized spacial score (nSPS) is 14.5. The highest BCUT2D eigenvalue weighted by molar-refractivity contribution is 5.94. The van der Waals surface area contributed by atoms with Crippen LogP contribution < -0.4 is 4.90 Å². The van der Waals surface area contributed by atoms with E-state index in [9.17, 15) is 19.3 Å². The van der Waals surface area contributed by atoms with E-state index in [-0.39, 0.29) is 17.4 Å². The molecule has 2 aromatic rings. The quantitative estimate of drug-likeness (QED) is 0.641. The molecule has 1 aliphatic rings. The minimum absolute atomic E-state index is 0.0591. The fourth-order valence-electron chi connectivity index (χ4n) is 2.73. The van der Waals surface area contributed by atoms with E-state index in [2.05, 4.69) is 4.90 Å². The van der Waals surface area contributed by atoms with Crippen LogP contribution in [0.15, 0.2) is 48.5 Å². The summed E-state index contributed by atoms with van der Waals surface area (Å²) in [6.07, 6.45) is 0. The topological polar surface area (TPSA) is 66.7 Å². The van der Waals surface area contributed by atoms with Crippen molar-refractivity contribution in [1.82, 2.24) is 4.90 Å². The molecule has 7 heteroatoms. The molecule has 1 saturated heterocycles. The van der Waals surface area contributed by atoms with Crippen LogP contribution in [0.5, 0.6) is 0 Å². The number of non-ortho nitro benzene ring substituents is 1. The molecule has 2 aromatic carbocycles. The van der Waals surface area contributed by atoms with E-state index in [0.717, 1.165) is 5.69 Å². The van der Waals surface area contributed by atoms with E-state index in [1.165, 1.54) is 36.4 Å². The maximum atomic E-state index is 12.9. The van der Waals surface area contributed by atoms with Gasteiger partial charge in [-0.15, -0.1) is 0 Å². The Bertz CT molecular complexity index is 739. The molecule has 0 aromatic heterocycles. The van der Waals surface area contributed by atoms with Gasteiger partial charge in [-0.2, -0.15) is 0 Å². The molecule has 24 heavy (non-hydrogen) atoms. The van der Waals surface area contributed by atoms with Crippen molar-refractivity contribution in [3.63, 3.8) is 0 Å². The Balaban J connectivity index is 1.62. The molecule has 0 atom stereocenters. The zero-order valence-corrected chi connectivity index (χ0v) is 12.9. The molecule has 124 valence electrons. The number of nitrogens with zero attached hydrogens (tertiary/aromatic N) is 3. The maximum absolute atomic E-state index is 12.9. The molecule has 0 spiro atoms. The molecule has 1 heterocycles. The molecule has 3 rings (SSSR count). The Labute approximate surface area is 138 Å². The minimum Gasteiger partial charge on any atom is -0.368 e. The fourth-order valence-corrected chi connectivity index (χ4v) is 2.73. The predicted octanol–water partition coefficient (Wildman–Crippen LogP) is 2.70. The van der Waals surface area contributed by atoms with Crippen molar-refractivity contribution < 1.29 is 14.1 Å². The van der Waals surface area contributed by atoms with Crippen LogP contribution in [0, 0.1) is 15.9 Å². The Morgan fingerprint density at radius 1 is 0.958 bits per heavy atom. The van der Waals surface area contributed by atoms with Gasteiger partial charge < -0.3 is 9.80 Å². The van der Waals surface area contributed by atoms with Crippen molar-refractivity contribution in [2.45, 2.75) is 0 Å². The van der Waals surface area contributed by atoms with E-state index >= 15 is 0 Å². The van der Waals surface area contributed by atoms with Crippen LogP contribution >= 0.6 is 0 Å². The fraction of sp³-hybridized carbons (Fsp3) is 0.235. The van der Waals surface area contributed by atoms with Crippen LogP contribution in [-0.2, 0) is 0 Å². The highest BCUT2D eigenvalue weighted by Gasteiger charge is 2.22. The first kappa shape index (κ1) is 15.9. The molecule has 0 N–H and O–H groups in total. The highest BCUT2D eigenvalue weighted by Crippen LogP contribution is 2.21. The molecule has 1 fully saturated rings. The number of nitro groups is 1. The number of benzene rings is 2. The summed E-state index contributed by atoms with van der Waals surface area (Å²) in [6, 6.07) is 11.9. The predicted molar refractivity (Wildman–Crippen MR) is 87.6 cm³/mol. The molecular formula is C17H16FN3O3. The Kier molecular flexibility index (Phi) is 4.41. The van der Waals surface area contributed by atoms with Crippen LogP contribution in [0.1, 0.15) is 10.4 Å². The molecule has 1 aliphatic heterocycles. The lowest BCUT2D eigenvalue weighted by atomic mass is 10.1. The molecule has 0 saturated carbocycles. The van der Waals surface area contributed by atoms with Gasteiger partial charge in [-0.25, -0.2) is 4.39 Å². The number of rotatable bonds is 3. The lowest BCUT2D eigenvalue weighted by Gasteiger charge is -2.36. The summed E-state index contributed by atoms with van der Waals surface area (Å²) in [5.74, 6) is -0.479. The summed E-state index contributed by atoms with van der Waals surface area (Å²) >= 11 is 0. The standard InChI is InChI=1S/C17H16FN3O3/c18-14-3-1-13(2-4-14)17(22)20-11-9-19(10-12-20)15-5-7-16(8-6-15)21(23)24/h1-8H,9-12H2. The number of piperazine rings is 1. The zero-order chi connectivity index (χ0) is 17.1. The molecule has 0 radical (unpaired) electrons. The number of nitro benzene ring substituents is 1. The van der Waals surface area contributed by atoms with Crippen LogP contribution in [0.2, 0.25) is 0 Å². The van der Waals surface area contributed by atoms with Gasteiger partial charge in [0.2, 0.25) is 0 Å². The van der Waals surface area contributed by atoms with Crippen molar-refractivity contribution in [2.24, 2.45) is 0 Å². The van der Waals surface area contributed by atoms with Crippen LogP contribution in [-0.4, -0.2) is 41.9 Å². The second-order valence-corrected chi connectivity index (χ2v) is 5.56. The summed E-state index contributed by atoms with van der Waals surface area (Å²) in [7, 11) is 0. The highest BCUT2D eigenvalue weighted by atomic mass is 19.1. The zero-order valence-electron chi connectivity index (χ0n) is 12.9. The average molecular weight is 329 g/mol. The number of hydrogen-bond donors (Lipinski definition) is 0. The summed E-state index contributed by atoms with van der Waals surface area (Å²) in [6.45, 7) is 2.38. The maximum Gasteiger partial charge on any atom is 0.269 e. The number of halogens is 1. The van der Waals surface area contributed by atoms with E-state index in [0.29, 0.717) is 31.7 Å². The van der Waals surface area contributed by atoms with Crippen LogP contribution in [0.4, 0.5) is 15.8 Å². The smallest absolute Gasteiger partial charge is 0.269 e. The molecule has 0 aliphatic carbocycles. The van der Waals surface area contributed by atoms with Gasteiger partial charge in [0.05, 0.1) is 4.92 Å². The van der Waals surface area contributed by atoms with E-state index in [4.69, 9.17) is 0 Å². The van der Waals surface area contributed by atoms with Crippen molar-refractivity contribution in [3.8, 4) is 0 Å². The first-order valence-electron chi connectivity index (χ1n) is 7.59. The van der Waals surface area contributed by atoms with Crippen LogP contribution in [0.25, 0.3) is 0 Å². The van der Waals surface area contributed by atoms with Gasteiger partial charge in [-0.05, 0) is 36.4 Å². The van der Waals surface area contributed by atoms with E-state index in [1.807, 2.05) is 0 Å². The van der Waals surface area contributed by atoms with Gasteiger partial charge in [0.25, 0.3) is 11.6 Å². The van der Waals surface area contributed by atoms with Crippen molar-refractivity contribution >= 4 is 17.3 Å². The second kappa shape index (κ2) is 6.66. The van der Waals surface area contributed by atoms with Crippen molar-refractivity contribution in [2.75, 3.05) is 31.1 Å². The van der Waals surface area contributed by atoms with Crippen molar-refractivity contribution in [1.29, 1.82) is 0 Å². The molecular weight excluding hydrogens is 313 g/mol. The largest absolute Gasteiger partial charge is 0.368 e. The van der Waals surface area contributed by atoms with Gasteiger partial charge in [-0.3, -0.25) is 14.9 Å². The Morgan fingerprint density at radius 3 is 2.08 bits per heavy atom. The summed E-state index contributed by atoms with van der Waals surface area (Å²) in [5, 5.41) is 10.7. The average Bonchev–Trinajstić information content (AvgIpc) is 2.62. The number of carbonyl (C=O) groups excluding carboxylic acids is 1. The first-order valence-corrected chi connectivity index (χ1v) is 7.59. The monoisotopic (exact) mass is 329 g/mol. The number of anilines is 1. The lowest BCUT2D eigenvalue weighted by Crippen LogP contribution is -2.48. The third kappa shape index (κ3) is 3.34. The van der Waals surface area contributed by atoms with Gasteiger partial charge in [0, 0.05) is 49.6 Å². The Hall–Kier alpha value is -2.96. The molecule has 6 nitrogen and oxygen atoms in total. The van der Waals surface area contributed by atoms with Crippen molar-refractivity contribution in [3.05, 3.63) is 70.0 Å². The number of carbonyl (C=O) groups is 1. The summed E-state index contributed by atoms with van der Waals surface area (Å²) < 4.78 is 12.9.